The zero-order valence-electron chi connectivity index (χ0n) is 19.3. The SMILES string of the molecule is BCCCCCCCCCCCNC(=O)c1cc(C2CCC2)nc(C2CCCC2)n1. The van der Waals surface area contributed by atoms with Gasteiger partial charge in [0.05, 0.1) is 0 Å². The normalized spacial score (nSPS) is 17.2. The van der Waals surface area contributed by atoms with Crippen LogP contribution in [0.2, 0.25) is 6.32 Å². The van der Waals surface area contributed by atoms with E-state index in [4.69, 9.17) is 9.97 Å². The van der Waals surface area contributed by atoms with E-state index in [1.165, 1.54) is 103 Å². The van der Waals surface area contributed by atoms with Gasteiger partial charge < -0.3 is 5.32 Å². The highest BCUT2D eigenvalue weighted by molar-refractivity contribution is 6.08. The highest BCUT2D eigenvalue weighted by atomic mass is 16.1. The lowest BCUT2D eigenvalue weighted by atomic mass is 9.82. The number of nitrogens with zero attached hydrogens (tertiary/aromatic N) is 2. The van der Waals surface area contributed by atoms with Crippen molar-refractivity contribution in [2.45, 2.75) is 121 Å². The van der Waals surface area contributed by atoms with Crippen molar-refractivity contribution < 1.29 is 4.79 Å². The predicted octanol–water partition coefficient (Wildman–Crippen LogP) is 5.69. The highest BCUT2D eigenvalue weighted by Gasteiger charge is 2.26. The Kier molecular flexibility index (Phi) is 10.2. The molecule has 3 rings (SSSR count). The fraction of sp³-hybridized carbons (Fsp3) is 0.800. The Morgan fingerprint density at radius 2 is 1.43 bits per heavy atom. The number of carbonyl (C=O) groups excluding carboxylic acids is 1. The molecule has 0 saturated heterocycles. The number of hydrogen-bond donors (Lipinski definition) is 1. The Hall–Kier alpha value is -1.39. The average molecular weight is 411 g/mol. The number of nitrogens with one attached hydrogen (secondary N) is 1. The summed E-state index contributed by atoms with van der Waals surface area (Å²) in [5.74, 6) is 1.93. The molecule has 2 aliphatic carbocycles. The van der Waals surface area contributed by atoms with E-state index in [2.05, 4.69) is 13.2 Å². The van der Waals surface area contributed by atoms with Gasteiger partial charge in [-0.1, -0.05) is 76.9 Å². The molecule has 0 radical (unpaired) electrons. The number of unbranched alkanes of at least 4 members (excludes halogenated alkanes) is 8. The summed E-state index contributed by atoms with van der Waals surface area (Å²) < 4.78 is 0. The Labute approximate surface area is 184 Å². The number of carbonyl (C=O) groups is 1. The van der Waals surface area contributed by atoms with Gasteiger partial charge >= 0.3 is 0 Å². The van der Waals surface area contributed by atoms with Gasteiger partial charge in [0.1, 0.15) is 19.4 Å². The Morgan fingerprint density at radius 3 is 2.03 bits per heavy atom. The first-order chi connectivity index (χ1) is 14.8. The van der Waals surface area contributed by atoms with Crippen molar-refractivity contribution in [1.29, 1.82) is 0 Å². The summed E-state index contributed by atoms with van der Waals surface area (Å²) in [6.07, 6.45) is 21.7. The zero-order valence-corrected chi connectivity index (χ0v) is 19.3. The van der Waals surface area contributed by atoms with Crippen LogP contribution in [0.25, 0.3) is 0 Å². The molecule has 0 atom stereocenters. The molecule has 4 nitrogen and oxygen atoms in total. The molecule has 0 spiro atoms. The minimum Gasteiger partial charge on any atom is -0.351 e. The van der Waals surface area contributed by atoms with Gasteiger partial charge in [-0.15, -0.1) is 0 Å². The minimum absolute atomic E-state index is 0.00635. The molecule has 0 bridgehead atoms. The molecule has 0 unspecified atom stereocenters. The number of aromatic nitrogens is 2. The van der Waals surface area contributed by atoms with Crippen LogP contribution in [-0.4, -0.2) is 30.3 Å². The third kappa shape index (κ3) is 7.39. The topological polar surface area (TPSA) is 54.9 Å². The first-order valence-corrected chi connectivity index (χ1v) is 12.9. The van der Waals surface area contributed by atoms with Crippen molar-refractivity contribution in [1.82, 2.24) is 15.3 Å². The van der Waals surface area contributed by atoms with E-state index in [9.17, 15) is 4.79 Å². The van der Waals surface area contributed by atoms with E-state index < -0.39 is 0 Å². The lowest BCUT2D eigenvalue weighted by Crippen LogP contribution is -2.27. The summed E-state index contributed by atoms with van der Waals surface area (Å²) in [6.45, 7) is 0.761. The predicted molar refractivity (Wildman–Crippen MR) is 127 cm³/mol. The summed E-state index contributed by atoms with van der Waals surface area (Å²) in [4.78, 5) is 22.3. The summed E-state index contributed by atoms with van der Waals surface area (Å²) >= 11 is 0. The second-order valence-corrected chi connectivity index (χ2v) is 9.58. The number of hydrogen-bond acceptors (Lipinski definition) is 3. The molecule has 0 aliphatic heterocycles. The van der Waals surface area contributed by atoms with E-state index in [1.807, 2.05) is 6.07 Å². The lowest BCUT2D eigenvalue weighted by Gasteiger charge is -2.25. The molecule has 1 heterocycles. The van der Waals surface area contributed by atoms with Crippen LogP contribution < -0.4 is 5.32 Å². The maximum atomic E-state index is 12.8. The van der Waals surface area contributed by atoms with Crippen LogP contribution in [0.4, 0.5) is 0 Å². The molecule has 1 amide bonds. The smallest absolute Gasteiger partial charge is 0.270 e. The van der Waals surface area contributed by atoms with Gasteiger partial charge in [0.2, 0.25) is 0 Å². The minimum atomic E-state index is -0.00635. The average Bonchev–Trinajstić information content (AvgIpc) is 3.25. The Morgan fingerprint density at radius 1 is 0.833 bits per heavy atom. The van der Waals surface area contributed by atoms with Gasteiger partial charge in [0.15, 0.2) is 0 Å². The molecular formula is C25H42BN3O. The molecule has 2 saturated carbocycles. The van der Waals surface area contributed by atoms with Gasteiger partial charge in [0, 0.05) is 24.1 Å². The fourth-order valence-corrected chi connectivity index (χ4v) is 4.79. The lowest BCUT2D eigenvalue weighted by molar-refractivity contribution is 0.0947. The maximum absolute atomic E-state index is 12.8. The summed E-state index contributed by atoms with van der Waals surface area (Å²) in [6, 6.07) is 1.97. The first-order valence-electron chi connectivity index (χ1n) is 12.9. The zero-order chi connectivity index (χ0) is 21.0. The Bertz CT molecular complexity index is 641. The van der Waals surface area contributed by atoms with E-state index in [0.717, 1.165) is 24.5 Å². The second kappa shape index (κ2) is 13.1. The molecule has 166 valence electrons. The van der Waals surface area contributed by atoms with Gasteiger partial charge in [-0.25, -0.2) is 9.97 Å². The van der Waals surface area contributed by atoms with Crippen LogP contribution in [-0.2, 0) is 0 Å². The van der Waals surface area contributed by atoms with Gasteiger partial charge in [-0.05, 0) is 38.2 Å². The molecule has 0 aromatic carbocycles. The fourth-order valence-electron chi connectivity index (χ4n) is 4.79. The van der Waals surface area contributed by atoms with Crippen molar-refractivity contribution in [3.05, 3.63) is 23.3 Å². The molecule has 2 aliphatic rings. The highest BCUT2D eigenvalue weighted by Crippen LogP contribution is 2.37. The van der Waals surface area contributed by atoms with Crippen molar-refractivity contribution in [2.24, 2.45) is 0 Å². The van der Waals surface area contributed by atoms with Crippen molar-refractivity contribution in [3.8, 4) is 0 Å². The van der Waals surface area contributed by atoms with Crippen molar-refractivity contribution >= 4 is 13.8 Å². The van der Waals surface area contributed by atoms with Crippen LogP contribution in [0.1, 0.15) is 137 Å². The molecule has 1 N–H and O–H groups in total. The van der Waals surface area contributed by atoms with E-state index in [-0.39, 0.29) is 5.91 Å². The van der Waals surface area contributed by atoms with Gasteiger partial charge in [-0.3, -0.25) is 4.79 Å². The molecule has 2 fully saturated rings. The summed E-state index contributed by atoms with van der Waals surface area (Å²) in [5.41, 5.74) is 1.71. The first kappa shape index (κ1) is 23.3. The van der Waals surface area contributed by atoms with Crippen LogP contribution in [0.5, 0.6) is 0 Å². The summed E-state index contributed by atoms with van der Waals surface area (Å²) in [5, 5.41) is 3.11. The standard InChI is InChI=1S/C25H42BN3O/c26-17-10-6-4-2-1-3-5-7-11-18-27-25(30)23-19-22(20-15-12-16-20)28-24(29-23)21-13-8-9-14-21/h19-21H,1-18,26H2,(H,27,30). The second-order valence-electron chi connectivity index (χ2n) is 9.58. The molecule has 1 aromatic rings. The Balaban J connectivity index is 1.37. The van der Waals surface area contributed by atoms with E-state index in [0.29, 0.717) is 17.5 Å². The largest absolute Gasteiger partial charge is 0.351 e. The molecule has 1 aromatic heterocycles. The van der Waals surface area contributed by atoms with E-state index >= 15 is 0 Å². The number of rotatable bonds is 14. The quantitative estimate of drug-likeness (QED) is 0.316. The third-order valence-corrected chi connectivity index (χ3v) is 7.06. The third-order valence-electron chi connectivity index (χ3n) is 7.06. The van der Waals surface area contributed by atoms with E-state index in [1.54, 1.807) is 0 Å². The van der Waals surface area contributed by atoms with Crippen LogP contribution in [0.3, 0.4) is 0 Å². The van der Waals surface area contributed by atoms with Crippen LogP contribution in [0, 0.1) is 0 Å². The van der Waals surface area contributed by atoms with Crippen LogP contribution in [0.15, 0.2) is 6.07 Å². The van der Waals surface area contributed by atoms with Crippen LogP contribution >= 0.6 is 0 Å². The number of amides is 1. The van der Waals surface area contributed by atoms with Gasteiger partial charge in [0.25, 0.3) is 5.91 Å². The maximum Gasteiger partial charge on any atom is 0.270 e. The summed E-state index contributed by atoms with van der Waals surface area (Å²) in [7, 11) is 2.27. The van der Waals surface area contributed by atoms with Gasteiger partial charge in [-0.2, -0.15) is 0 Å². The molecular weight excluding hydrogens is 369 g/mol. The molecule has 5 heteroatoms. The van der Waals surface area contributed by atoms with Crippen molar-refractivity contribution in [2.75, 3.05) is 6.54 Å². The molecule has 30 heavy (non-hydrogen) atoms. The monoisotopic (exact) mass is 411 g/mol. The van der Waals surface area contributed by atoms with Crippen molar-refractivity contribution in [3.63, 3.8) is 0 Å².